The summed E-state index contributed by atoms with van der Waals surface area (Å²) in [5.41, 5.74) is 6.52. The van der Waals surface area contributed by atoms with E-state index in [1.807, 2.05) is 41.5 Å². The van der Waals surface area contributed by atoms with Crippen LogP contribution in [0.1, 0.15) is 73.8 Å². The van der Waals surface area contributed by atoms with E-state index < -0.39 is 36.6 Å². The molecule has 0 saturated carbocycles. The van der Waals surface area contributed by atoms with Gasteiger partial charge in [0.05, 0.1) is 13.2 Å². The molecule has 0 aliphatic carbocycles. The molecule has 0 fully saturated rings. The summed E-state index contributed by atoms with van der Waals surface area (Å²) in [5.74, 6) is -0.535. The van der Waals surface area contributed by atoms with Crippen molar-refractivity contribution in [3.8, 4) is 11.5 Å². The van der Waals surface area contributed by atoms with E-state index in [0.717, 1.165) is 12.8 Å². The van der Waals surface area contributed by atoms with E-state index in [-0.39, 0.29) is 61.6 Å². The van der Waals surface area contributed by atoms with Crippen molar-refractivity contribution in [3.63, 3.8) is 0 Å². The van der Waals surface area contributed by atoms with Crippen LogP contribution in [0.4, 0.5) is 14.4 Å². The van der Waals surface area contributed by atoms with E-state index in [1.54, 1.807) is 19.9 Å². The highest BCUT2D eigenvalue weighted by Crippen LogP contribution is 2.30. The lowest BCUT2D eigenvalue weighted by Crippen LogP contribution is -2.36. The van der Waals surface area contributed by atoms with Gasteiger partial charge in [-0.15, -0.1) is 0 Å². The second kappa shape index (κ2) is 18.8. The lowest BCUT2D eigenvalue weighted by atomic mass is 10.1. The standard InChI is InChI=1S/C30H47NO11/c1-9-19(5)15-37-28(33)41-25-12-11-23(14-26(25)42-29(34)38-16-20(6)10-2)13-24(31)27(32)36-17-21(7)39-30(35)40-22(8)18(3)4/h11-12,14,18-22,24H,9-10,13,15-17,31H2,1-8H3/t19?,20?,21-,22?,24-/m0/s1. The summed E-state index contributed by atoms with van der Waals surface area (Å²) in [5, 5.41) is 0. The molecule has 12 nitrogen and oxygen atoms in total. The van der Waals surface area contributed by atoms with Crippen LogP contribution in [0, 0.1) is 17.8 Å². The highest BCUT2D eigenvalue weighted by atomic mass is 16.8. The summed E-state index contributed by atoms with van der Waals surface area (Å²) in [6.07, 6.45) is -2.26. The van der Waals surface area contributed by atoms with E-state index in [4.69, 9.17) is 38.9 Å². The van der Waals surface area contributed by atoms with Gasteiger partial charge >= 0.3 is 24.4 Å². The fourth-order valence-corrected chi connectivity index (χ4v) is 2.90. The van der Waals surface area contributed by atoms with Gasteiger partial charge in [0.15, 0.2) is 11.5 Å². The third-order valence-corrected chi connectivity index (χ3v) is 6.50. The van der Waals surface area contributed by atoms with Crippen molar-refractivity contribution < 1.29 is 52.3 Å². The van der Waals surface area contributed by atoms with E-state index in [1.165, 1.54) is 12.1 Å². The first kappa shape index (κ1) is 36.5. The van der Waals surface area contributed by atoms with Crippen LogP contribution in [0.2, 0.25) is 0 Å². The number of carbonyl (C=O) groups is 4. The fraction of sp³-hybridized carbons (Fsp3) is 0.667. The molecule has 0 aromatic heterocycles. The van der Waals surface area contributed by atoms with E-state index in [0.29, 0.717) is 5.56 Å². The SMILES string of the molecule is CCC(C)COC(=O)Oc1ccc(C[C@H](N)C(=O)OC[C@H](C)OC(=O)OC(C)C(C)C)cc1OC(=O)OCC(C)CC. The van der Waals surface area contributed by atoms with Gasteiger partial charge in [0.1, 0.15) is 24.9 Å². The molecule has 0 bridgehead atoms. The number of esters is 1. The number of hydrogen-bond donors (Lipinski definition) is 1. The second-order valence-corrected chi connectivity index (χ2v) is 10.8. The number of ether oxygens (including phenoxy) is 7. The maximum Gasteiger partial charge on any atom is 0.513 e. The molecule has 1 rings (SSSR count). The number of benzene rings is 1. The molecule has 0 radical (unpaired) electrons. The summed E-state index contributed by atoms with van der Waals surface area (Å²) >= 11 is 0. The van der Waals surface area contributed by atoms with Crippen molar-refractivity contribution in [1.82, 2.24) is 0 Å². The topological polar surface area (TPSA) is 159 Å². The highest BCUT2D eigenvalue weighted by Gasteiger charge is 2.22. The smallest absolute Gasteiger partial charge is 0.461 e. The minimum Gasteiger partial charge on any atom is -0.461 e. The third kappa shape index (κ3) is 14.4. The largest absolute Gasteiger partial charge is 0.513 e. The van der Waals surface area contributed by atoms with Gasteiger partial charge in [-0.3, -0.25) is 4.79 Å². The number of hydrogen-bond acceptors (Lipinski definition) is 12. The van der Waals surface area contributed by atoms with Gasteiger partial charge in [-0.1, -0.05) is 60.5 Å². The second-order valence-electron chi connectivity index (χ2n) is 10.8. The zero-order valence-electron chi connectivity index (χ0n) is 26.0. The normalized spacial score (nSPS) is 14.5. The van der Waals surface area contributed by atoms with Crippen LogP contribution >= 0.6 is 0 Å². The number of rotatable bonds is 16. The van der Waals surface area contributed by atoms with Crippen LogP contribution in [0.3, 0.4) is 0 Å². The monoisotopic (exact) mass is 597 g/mol. The van der Waals surface area contributed by atoms with Crippen molar-refractivity contribution in [1.29, 1.82) is 0 Å². The van der Waals surface area contributed by atoms with Crippen LogP contribution < -0.4 is 15.2 Å². The number of carbonyl (C=O) groups excluding carboxylic acids is 4. The molecule has 0 saturated heterocycles. The average Bonchev–Trinajstić information content (AvgIpc) is 2.94. The predicted molar refractivity (Wildman–Crippen MR) is 153 cm³/mol. The molecular weight excluding hydrogens is 550 g/mol. The summed E-state index contributed by atoms with van der Waals surface area (Å²) in [6.45, 7) is 15.0. The molecule has 1 aromatic carbocycles. The highest BCUT2D eigenvalue weighted by molar-refractivity contribution is 5.76. The molecule has 0 spiro atoms. The van der Waals surface area contributed by atoms with Crippen LogP contribution in [-0.2, 0) is 34.9 Å². The Morgan fingerprint density at radius 1 is 0.714 bits per heavy atom. The number of nitrogens with two attached hydrogens (primary N) is 1. The molecule has 3 unspecified atom stereocenters. The summed E-state index contributed by atoms with van der Waals surface area (Å²) < 4.78 is 36.3. The Labute approximate surface area is 248 Å². The van der Waals surface area contributed by atoms with Gasteiger partial charge < -0.3 is 38.9 Å². The molecule has 0 aliphatic rings. The molecule has 2 N–H and O–H groups in total. The third-order valence-electron chi connectivity index (χ3n) is 6.50. The zero-order valence-corrected chi connectivity index (χ0v) is 26.0. The van der Waals surface area contributed by atoms with Crippen molar-refractivity contribution in [2.45, 2.75) is 92.9 Å². The fourth-order valence-electron chi connectivity index (χ4n) is 2.90. The van der Waals surface area contributed by atoms with Gasteiger partial charge in [-0.2, -0.15) is 0 Å². The Kier molecular flexibility index (Phi) is 16.3. The molecule has 12 heteroatoms. The minimum absolute atomic E-state index is 0.000959. The van der Waals surface area contributed by atoms with Crippen molar-refractivity contribution >= 4 is 24.4 Å². The molecule has 1 aromatic rings. The Morgan fingerprint density at radius 2 is 1.26 bits per heavy atom. The van der Waals surface area contributed by atoms with Crippen LogP contribution in [0.25, 0.3) is 0 Å². The molecule has 0 amide bonds. The summed E-state index contributed by atoms with van der Waals surface area (Å²) in [7, 11) is 0. The van der Waals surface area contributed by atoms with Crippen molar-refractivity contribution in [3.05, 3.63) is 23.8 Å². The Morgan fingerprint density at radius 3 is 1.79 bits per heavy atom. The molecule has 42 heavy (non-hydrogen) atoms. The van der Waals surface area contributed by atoms with Crippen LogP contribution in [0.5, 0.6) is 11.5 Å². The van der Waals surface area contributed by atoms with E-state index in [2.05, 4.69) is 0 Å². The van der Waals surface area contributed by atoms with Gasteiger partial charge in [-0.05, 0) is 55.7 Å². The summed E-state index contributed by atoms with van der Waals surface area (Å²) in [6, 6.07) is 3.27. The van der Waals surface area contributed by atoms with Gasteiger partial charge in [0, 0.05) is 0 Å². The zero-order chi connectivity index (χ0) is 31.8. The maximum atomic E-state index is 12.5. The van der Waals surface area contributed by atoms with Crippen molar-refractivity contribution in [2.24, 2.45) is 23.5 Å². The van der Waals surface area contributed by atoms with Gasteiger partial charge in [0.2, 0.25) is 0 Å². The maximum absolute atomic E-state index is 12.5. The first-order chi connectivity index (χ1) is 19.7. The van der Waals surface area contributed by atoms with E-state index >= 15 is 0 Å². The molecule has 238 valence electrons. The minimum atomic E-state index is -1.09. The first-order valence-corrected chi connectivity index (χ1v) is 14.4. The van der Waals surface area contributed by atoms with E-state index in [9.17, 15) is 19.2 Å². The quantitative estimate of drug-likeness (QED) is 0.139. The van der Waals surface area contributed by atoms with Gasteiger partial charge in [0.25, 0.3) is 0 Å². The van der Waals surface area contributed by atoms with Crippen LogP contribution in [-0.4, -0.2) is 62.5 Å². The average molecular weight is 598 g/mol. The van der Waals surface area contributed by atoms with Crippen LogP contribution in [0.15, 0.2) is 18.2 Å². The molecular formula is C30H47NO11. The van der Waals surface area contributed by atoms with Crippen molar-refractivity contribution in [2.75, 3.05) is 19.8 Å². The Hall–Kier alpha value is -3.54. The lowest BCUT2D eigenvalue weighted by Gasteiger charge is -2.19. The lowest BCUT2D eigenvalue weighted by molar-refractivity contribution is -0.148. The predicted octanol–water partition coefficient (Wildman–Crippen LogP) is 5.81. The molecule has 0 heterocycles. The molecule has 5 atom stereocenters. The summed E-state index contributed by atoms with van der Waals surface area (Å²) in [4.78, 5) is 48.9. The molecule has 0 aliphatic heterocycles. The Balaban J connectivity index is 2.85. The van der Waals surface area contributed by atoms with Gasteiger partial charge in [-0.25, -0.2) is 14.4 Å². The Bertz CT molecular complexity index is 1010. The first-order valence-electron chi connectivity index (χ1n) is 14.4.